The van der Waals surface area contributed by atoms with Crippen molar-refractivity contribution in [2.24, 2.45) is 17.8 Å². The van der Waals surface area contributed by atoms with Crippen LogP contribution in [0.5, 0.6) is 5.75 Å². The van der Waals surface area contributed by atoms with E-state index in [1.165, 1.54) is 0 Å². The van der Waals surface area contributed by atoms with Gasteiger partial charge in [0.2, 0.25) is 17.7 Å². The molecule has 3 heterocycles. The first-order valence-corrected chi connectivity index (χ1v) is 16.3. The number of likely N-dealkylation sites (tertiary alicyclic amines) is 1. The van der Waals surface area contributed by atoms with Crippen LogP contribution in [0.4, 0.5) is 5.69 Å². The van der Waals surface area contributed by atoms with Crippen molar-refractivity contribution in [3.8, 4) is 5.75 Å². The number of hydrogen-bond acceptors (Lipinski definition) is 6. The van der Waals surface area contributed by atoms with Crippen LogP contribution >= 0.6 is 11.8 Å². The predicted octanol–water partition coefficient (Wildman–Crippen LogP) is 4.53. The lowest BCUT2D eigenvalue weighted by Gasteiger charge is -2.41. The number of carbonyl (C=O) groups excluding carboxylic acids is 3. The zero-order valence-electron chi connectivity index (χ0n) is 25.4. The van der Waals surface area contributed by atoms with E-state index in [0.29, 0.717) is 32.7 Å². The van der Waals surface area contributed by atoms with E-state index in [1.807, 2.05) is 36.1 Å². The van der Waals surface area contributed by atoms with E-state index in [9.17, 15) is 19.5 Å². The Bertz CT molecular complexity index is 1140. The van der Waals surface area contributed by atoms with Crippen molar-refractivity contribution in [3.63, 3.8) is 0 Å². The Kier molecular flexibility index (Phi) is 10.8. The summed E-state index contributed by atoms with van der Waals surface area (Å²) in [6, 6.07) is 6.75. The summed E-state index contributed by atoms with van der Waals surface area (Å²) in [4.78, 5) is 48.5. The largest absolute Gasteiger partial charge is 0.494 e. The van der Waals surface area contributed by atoms with E-state index in [-0.39, 0.29) is 42.0 Å². The van der Waals surface area contributed by atoms with E-state index < -0.39 is 22.6 Å². The molecule has 1 aromatic carbocycles. The van der Waals surface area contributed by atoms with Crippen LogP contribution in [0, 0.1) is 17.8 Å². The summed E-state index contributed by atoms with van der Waals surface area (Å²) in [6.45, 7) is 16.1. The van der Waals surface area contributed by atoms with Crippen LogP contribution in [0.25, 0.3) is 0 Å². The lowest BCUT2D eigenvalue weighted by Crippen LogP contribution is -2.57. The highest BCUT2D eigenvalue weighted by molar-refractivity contribution is 8.02. The van der Waals surface area contributed by atoms with Crippen LogP contribution in [0.15, 0.2) is 49.6 Å². The average Bonchev–Trinajstić information content (AvgIpc) is 3.58. The van der Waals surface area contributed by atoms with Crippen LogP contribution in [0.2, 0.25) is 0 Å². The highest BCUT2D eigenvalue weighted by Gasteiger charge is 2.76. The number of anilines is 1. The van der Waals surface area contributed by atoms with Gasteiger partial charge < -0.3 is 24.5 Å². The minimum Gasteiger partial charge on any atom is -0.494 e. The minimum atomic E-state index is -0.697. The third-order valence-electron chi connectivity index (χ3n) is 9.05. The zero-order chi connectivity index (χ0) is 30.4. The minimum absolute atomic E-state index is 0.0558. The smallest absolute Gasteiger partial charge is 0.247 e. The standard InChI is InChI=1S/C33H47N3O5S/c1-6-10-11-19-34(17-7-2)32(40)29-33-23(5)22-26(42-33)27(28(33)31(39)36(29)20-12-21-37)30(38)35(18-8-3)24-13-15-25(16-14-24)41-9-4/h7-8,13-16,23,26-29,37H,2-3,6,9-12,17-22H2,1,4-5H3/t23?,26-,27+,28-,29?,33?/m0/s1. The molecule has 6 atom stereocenters. The number of ether oxygens (including phenoxy) is 1. The van der Waals surface area contributed by atoms with Gasteiger partial charge in [-0.05, 0) is 56.4 Å². The number of hydrogen-bond donors (Lipinski definition) is 1. The number of unbranched alkanes of at least 4 members (excludes halogenated alkanes) is 2. The molecule has 0 radical (unpaired) electrons. The van der Waals surface area contributed by atoms with Gasteiger partial charge in [0.05, 0.1) is 23.2 Å². The van der Waals surface area contributed by atoms with Crippen molar-refractivity contribution in [2.75, 3.05) is 44.3 Å². The fraction of sp³-hybridized carbons (Fsp3) is 0.606. The Hall–Kier alpha value is -2.78. The summed E-state index contributed by atoms with van der Waals surface area (Å²) < 4.78 is 4.89. The van der Waals surface area contributed by atoms with Gasteiger partial charge in [-0.2, -0.15) is 0 Å². The Morgan fingerprint density at radius 3 is 2.45 bits per heavy atom. The molecule has 3 amide bonds. The molecule has 8 nitrogen and oxygen atoms in total. The molecule has 230 valence electrons. The summed E-state index contributed by atoms with van der Waals surface area (Å²) >= 11 is 1.68. The number of aliphatic hydroxyl groups excluding tert-OH is 1. The van der Waals surface area contributed by atoms with Gasteiger partial charge in [0.25, 0.3) is 0 Å². The molecular formula is C33H47N3O5S. The van der Waals surface area contributed by atoms with Crippen LogP contribution < -0.4 is 9.64 Å². The topological polar surface area (TPSA) is 90.4 Å². The molecule has 0 aromatic heterocycles. The number of rotatable bonds is 16. The third-order valence-corrected chi connectivity index (χ3v) is 11.1. The first-order valence-electron chi connectivity index (χ1n) is 15.4. The second-order valence-corrected chi connectivity index (χ2v) is 13.2. The van der Waals surface area contributed by atoms with E-state index >= 15 is 0 Å². The normalized spacial score (nSPS) is 27.6. The fourth-order valence-electron chi connectivity index (χ4n) is 7.26. The first kappa shape index (κ1) is 32.1. The zero-order valence-corrected chi connectivity index (χ0v) is 26.2. The first-order chi connectivity index (χ1) is 20.3. The summed E-state index contributed by atoms with van der Waals surface area (Å²) in [5, 5.41) is 9.62. The molecule has 1 aromatic rings. The SMILES string of the molecule is C=CCN(CCCCC)C(=O)C1N(CCCO)C(=O)[C@@H]2[C@H](C(=O)N(CC=C)c3ccc(OCC)cc3)[C@@H]3CC(C)C12S3. The van der Waals surface area contributed by atoms with Crippen molar-refractivity contribution in [2.45, 2.75) is 68.9 Å². The van der Waals surface area contributed by atoms with E-state index in [2.05, 4.69) is 27.0 Å². The molecule has 2 bridgehead atoms. The van der Waals surface area contributed by atoms with Crippen molar-refractivity contribution in [1.29, 1.82) is 0 Å². The van der Waals surface area contributed by atoms with E-state index in [0.717, 1.165) is 37.1 Å². The highest BCUT2D eigenvalue weighted by Crippen LogP contribution is 2.69. The van der Waals surface area contributed by atoms with Gasteiger partial charge >= 0.3 is 0 Å². The van der Waals surface area contributed by atoms with Crippen molar-refractivity contribution in [1.82, 2.24) is 9.80 Å². The lowest BCUT2D eigenvalue weighted by molar-refractivity contribution is -0.142. The summed E-state index contributed by atoms with van der Waals surface area (Å²) in [7, 11) is 0. The number of thioether (sulfide) groups is 1. The molecule has 3 unspecified atom stereocenters. The molecule has 1 N–H and O–H groups in total. The van der Waals surface area contributed by atoms with Gasteiger partial charge in [0.1, 0.15) is 11.8 Å². The van der Waals surface area contributed by atoms with E-state index in [4.69, 9.17) is 4.74 Å². The second-order valence-electron chi connectivity index (χ2n) is 11.6. The van der Waals surface area contributed by atoms with Gasteiger partial charge in [-0.3, -0.25) is 14.4 Å². The van der Waals surface area contributed by atoms with Crippen LogP contribution in [0.1, 0.15) is 52.9 Å². The number of aliphatic hydroxyl groups is 1. The van der Waals surface area contributed by atoms with E-state index in [1.54, 1.807) is 33.7 Å². The summed E-state index contributed by atoms with van der Waals surface area (Å²) in [6.07, 6.45) is 7.53. The molecule has 0 saturated carbocycles. The molecule has 3 aliphatic heterocycles. The van der Waals surface area contributed by atoms with Gasteiger partial charge in [-0.15, -0.1) is 24.9 Å². The Labute approximate surface area is 255 Å². The van der Waals surface area contributed by atoms with Crippen molar-refractivity contribution < 1.29 is 24.2 Å². The Balaban J connectivity index is 1.72. The molecule has 3 aliphatic rings. The average molecular weight is 598 g/mol. The van der Waals surface area contributed by atoms with Crippen LogP contribution in [-0.2, 0) is 14.4 Å². The molecule has 3 saturated heterocycles. The maximum absolute atomic E-state index is 14.5. The number of carbonyl (C=O) groups is 3. The quantitative estimate of drug-likeness (QED) is 0.223. The van der Waals surface area contributed by atoms with Gasteiger partial charge in [-0.25, -0.2) is 0 Å². The van der Waals surface area contributed by atoms with Gasteiger partial charge in [0, 0.05) is 43.7 Å². The predicted molar refractivity (Wildman–Crippen MR) is 169 cm³/mol. The second kappa shape index (κ2) is 14.1. The number of amides is 3. The van der Waals surface area contributed by atoms with Crippen LogP contribution in [-0.4, -0.2) is 88.1 Å². The summed E-state index contributed by atoms with van der Waals surface area (Å²) in [5.74, 6) is -0.657. The van der Waals surface area contributed by atoms with Crippen molar-refractivity contribution >= 4 is 35.2 Å². The molecule has 9 heteroatoms. The monoisotopic (exact) mass is 597 g/mol. The third kappa shape index (κ3) is 5.74. The summed E-state index contributed by atoms with van der Waals surface area (Å²) in [5.41, 5.74) is 0.724. The molecule has 42 heavy (non-hydrogen) atoms. The van der Waals surface area contributed by atoms with Gasteiger partial charge in [0.15, 0.2) is 0 Å². The molecule has 3 fully saturated rings. The number of fused-ring (bicyclic) bond motifs is 1. The maximum Gasteiger partial charge on any atom is 0.247 e. The Morgan fingerprint density at radius 1 is 1.12 bits per heavy atom. The lowest BCUT2D eigenvalue weighted by atomic mass is 9.65. The number of nitrogens with zero attached hydrogens (tertiary/aromatic N) is 3. The Morgan fingerprint density at radius 2 is 1.83 bits per heavy atom. The molecular weight excluding hydrogens is 550 g/mol. The van der Waals surface area contributed by atoms with Gasteiger partial charge in [-0.1, -0.05) is 38.8 Å². The maximum atomic E-state index is 14.5. The van der Waals surface area contributed by atoms with Crippen molar-refractivity contribution in [3.05, 3.63) is 49.6 Å². The highest BCUT2D eigenvalue weighted by atomic mass is 32.2. The molecule has 0 aliphatic carbocycles. The van der Waals surface area contributed by atoms with Crippen LogP contribution in [0.3, 0.4) is 0 Å². The molecule has 4 rings (SSSR count). The fourth-order valence-corrected chi connectivity index (χ4v) is 9.66. The number of benzene rings is 1. The molecule has 1 spiro atoms.